The Hall–Kier alpha value is -1.87. The SMILES string of the molecule is C[C@@H](C(=O)Nc1ccc(OCC2CC2)cn1)N1CCC[C@](O)(C(F)(F)F)C1. The number of rotatable bonds is 6. The third-order valence-corrected chi connectivity index (χ3v) is 5.13. The molecule has 0 spiro atoms. The maximum atomic E-state index is 13.1. The van der Waals surface area contributed by atoms with Gasteiger partial charge in [0.15, 0.2) is 5.60 Å². The second kappa shape index (κ2) is 7.63. The Morgan fingerprint density at radius 2 is 2.22 bits per heavy atom. The number of nitrogens with one attached hydrogen (secondary N) is 1. The van der Waals surface area contributed by atoms with Crippen molar-refractivity contribution in [2.45, 2.75) is 50.4 Å². The van der Waals surface area contributed by atoms with Gasteiger partial charge in [0.25, 0.3) is 0 Å². The molecule has 150 valence electrons. The number of pyridine rings is 1. The quantitative estimate of drug-likeness (QED) is 0.785. The molecule has 2 aliphatic rings. The standard InChI is InChI=1S/C18H24F3N3O3/c1-12(24-8-2-7-17(26,11-24)18(19,20)21)16(25)23-15-6-5-14(9-22-15)27-10-13-3-4-13/h5-6,9,12-13,26H,2-4,7-8,10-11H2,1H3,(H,22,23,25)/t12-,17+/m0/s1. The number of hydrogen-bond acceptors (Lipinski definition) is 5. The number of β-amino-alcohol motifs (C(OH)–C–C–N with tert-alkyl or cyclic N) is 1. The number of anilines is 1. The molecule has 0 radical (unpaired) electrons. The van der Waals surface area contributed by atoms with Crippen molar-refractivity contribution in [2.75, 3.05) is 25.0 Å². The molecule has 3 rings (SSSR count). The molecule has 1 saturated heterocycles. The van der Waals surface area contributed by atoms with E-state index in [9.17, 15) is 23.1 Å². The van der Waals surface area contributed by atoms with E-state index in [0.717, 1.165) is 0 Å². The molecule has 1 amide bonds. The van der Waals surface area contributed by atoms with Crippen molar-refractivity contribution in [3.8, 4) is 5.75 Å². The van der Waals surface area contributed by atoms with Gasteiger partial charge < -0.3 is 15.2 Å². The molecule has 6 nitrogen and oxygen atoms in total. The van der Waals surface area contributed by atoms with Crippen LogP contribution in [-0.2, 0) is 4.79 Å². The van der Waals surface area contributed by atoms with Crippen molar-refractivity contribution in [1.29, 1.82) is 0 Å². The molecule has 1 aromatic heterocycles. The van der Waals surface area contributed by atoms with Gasteiger partial charge in [0.1, 0.15) is 11.6 Å². The van der Waals surface area contributed by atoms with Gasteiger partial charge in [0, 0.05) is 6.54 Å². The average molecular weight is 387 g/mol. The normalized spacial score (nSPS) is 25.1. The van der Waals surface area contributed by atoms with Crippen LogP contribution in [0.2, 0.25) is 0 Å². The summed E-state index contributed by atoms with van der Waals surface area (Å²) in [6.45, 7) is 1.87. The van der Waals surface area contributed by atoms with Crippen LogP contribution in [0, 0.1) is 5.92 Å². The molecule has 2 fully saturated rings. The van der Waals surface area contributed by atoms with Gasteiger partial charge in [-0.15, -0.1) is 0 Å². The minimum atomic E-state index is -4.72. The molecule has 1 saturated carbocycles. The Morgan fingerprint density at radius 3 is 2.81 bits per heavy atom. The largest absolute Gasteiger partial charge is 0.492 e. The zero-order valence-electron chi connectivity index (χ0n) is 15.1. The van der Waals surface area contributed by atoms with Gasteiger partial charge in [0.05, 0.1) is 18.8 Å². The monoisotopic (exact) mass is 387 g/mol. The fraction of sp³-hybridized carbons (Fsp3) is 0.667. The molecular weight excluding hydrogens is 363 g/mol. The zero-order valence-corrected chi connectivity index (χ0v) is 15.1. The number of aliphatic hydroxyl groups is 1. The van der Waals surface area contributed by atoms with Gasteiger partial charge in [0.2, 0.25) is 5.91 Å². The predicted octanol–water partition coefficient (Wildman–Crippen LogP) is 2.59. The van der Waals surface area contributed by atoms with Crippen LogP contribution in [-0.4, -0.2) is 58.4 Å². The van der Waals surface area contributed by atoms with Crippen molar-refractivity contribution in [3.05, 3.63) is 18.3 Å². The summed E-state index contributed by atoms with van der Waals surface area (Å²) in [4.78, 5) is 17.8. The molecular formula is C18H24F3N3O3. The van der Waals surface area contributed by atoms with Crippen molar-refractivity contribution in [2.24, 2.45) is 5.92 Å². The van der Waals surface area contributed by atoms with Crippen molar-refractivity contribution in [3.63, 3.8) is 0 Å². The van der Waals surface area contributed by atoms with Gasteiger partial charge in [-0.2, -0.15) is 13.2 Å². The van der Waals surface area contributed by atoms with E-state index in [1.54, 1.807) is 12.1 Å². The highest BCUT2D eigenvalue weighted by atomic mass is 19.4. The van der Waals surface area contributed by atoms with Crippen LogP contribution in [0.4, 0.5) is 19.0 Å². The van der Waals surface area contributed by atoms with Gasteiger partial charge in [-0.05, 0) is 57.2 Å². The zero-order chi connectivity index (χ0) is 19.7. The molecule has 27 heavy (non-hydrogen) atoms. The summed E-state index contributed by atoms with van der Waals surface area (Å²) in [7, 11) is 0. The Morgan fingerprint density at radius 1 is 1.48 bits per heavy atom. The fourth-order valence-electron chi connectivity index (χ4n) is 3.07. The van der Waals surface area contributed by atoms with Gasteiger partial charge in [-0.3, -0.25) is 9.69 Å². The first-order valence-electron chi connectivity index (χ1n) is 9.11. The number of alkyl halides is 3. The second-order valence-corrected chi connectivity index (χ2v) is 7.40. The van der Waals surface area contributed by atoms with E-state index in [1.807, 2.05) is 0 Å². The third-order valence-electron chi connectivity index (χ3n) is 5.13. The number of aromatic nitrogens is 1. The minimum absolute atomic E-state index is 0.166. The second-order valence-electron chi connectivity index (χ2n) is 7.40. The summed E-state index contributed by atoms with van der Waals surface area (Å²) < 4.78 is 44.8. The summed E-state index contributed by atoms with van der Waals surface area (Å²) in [6, 6.07) is 2.46. The van der Waals surface area contributed by atoms with E-state index < -0.39 is 30.3 Å². The summed E-state index contributed by atoms with van der Waals surface area (Å²) >= 11 is 0. The van der Waals surface area contributed by atoms with Crippen molar-refractivity contribution >= 4 is 11.7 Å². The highest BCUT2D eigenvalue weighted by Gasteiger charge is 2.55. The molecule has 2 heterocycles. The predicted molar refractivity (Wildman–Crippen MR) is 92.4 cm³/mol. The lowest BCUT2D eigenvalue weighted by Crippen LogP contribution is -2.60. The number of amides is 1. The maximum absolute atomic E-state index is 13.1. The van der Waals surface area contributed by atoms with Gasteiger partial charge >= 0.3 is 6.18 Å². The Balaban J connectivity index is 1.55. The fourth-order valence-corrected chi connectivity index (χ4v) is 3.07. The lowest BCUT2D eigenvalue weighted by atomic mass is 9.91. The third kappa shape index (κ3) is 4.90. The van der Waals surface area contributed by atoms with Crippen LogP contribution < -0.4 is 10.1 Å². The number of carbonyl (C=O) groups excluding carboxylic acids is 1. The smallest absolute Gasteiger partial charge is 0.418 e. The summed E-state index contributed by atoms with van der Waals surface area (Å²) in [5.74, 6) is 1.05. The molecule has 1 aromatic rings. The summed E-state index contributed by atoms with van der Waals surface area (Å²) in [5.41, 5.74) is -2.78. The number of piperidine rings is 1. The summed E-state index contributed by atoms with van der Waals surface area (Å²) in [5, 5.41) is 12.5. The number of likely N-dealkylation sites (tertiary alicyclic amines) is 1. The number of ether oxygens (including phenoxy) is 1. The van der Waals surface area contributed by atoms with Crippen LogP contribution in [0.5, 0.6) is 5.75 Å². The molecule has 2 atom stereocenters. The molecule has 1 aliphatic carbocycles. The minimum Gasteiger partial charge on any atom is -0.492 e. The Bertz CT molecular complexity index is 664. The van der Waals surface area contributed by atoms with E-state index in [2.05, 4.69) is 10.3 Å². The van der Waals surface area contributed by atoms with Crippen LogP contribution >= 0.6 is 0 Å². The first-order valence-corrected chi connectivity index (χ1v) is 9.11. The molecule has 2 N–H and O–H groups in total. The lowest BCUT2D eigenvalue weighted by molar-refractivity contribution is -0.275. The van der Waals surface area contributed by atoms with Crippen molar-refractivity contribution in [1.82, 2.24) is 9.88 Å². The topological polar surface area (TPSA) is 74.7 Å². The van der Waals surface area contributed by atoms with E-state index in [-0.39, 0.29) is 12.8 Å². The lowest BCUT2D eigenvalue weighted by Gasteiger charge is -2.42. The molecule has 0 aromatic carbocycles. The highest BCUT2D eigenvalue weighted by molar-refractivity contribution is 5.93. The Kier molecular flexibility index (Phi) is 5.62. The van der Waals surface area contributed by atoms with Crippen LogP contribution in [0.3, 0.4) is 0 Å². The first-order chi connectivity index (χ1) is 12.7. The molecule has 0 unspecified atom stereocenters. The van der Waals surface area contributed by atoms with Crippen molar-refractivity contribution < 1.29 is 27.8 Å². The molecule has 1 aliphatic heterocycles. The maximum Gasteiger partial charge on any atom is 0.418 e. The Labute approximate surface area is 155 Å². The number of hydrogen-bond donors (Lipinski definition) is 2. The van der Waals surface area contributed by atoms with Crippen LogP contribution in [0.1, 0.15) is 32.6 Å². The highest BCUT2D eigenvalue weighted by Crippen LogP contribution is 2.37. The first kappa shape index (κ1) is 19.9. The molecule has 9 heteroatoms. The van der Waals surface area contributed by atoms with E-state index >= 15 is 0 Å². The van der Waals surface area contributed by atoms with E-state index in [1.165, 1.54) is 30.9 Å². The van der Waals surface area contributed by atoms with Crippen LogP contribution in [0.15, 0.2) is 18.3 Å². The van der Waals surface area contributed by atoms with E-state index in [0.29, 0.717) is 30.6 Å². The van der Waals surface area contributed by atoms with Gasteiger partial charge in [-0.1, -0.05) is 0 Å². The average Bonchev–Trinajstić information content (AvgIpc) is 3.44. The number of halogens is 3. The van der Waals surface area contributed by atoms with Crippen LogP contribution in [0.25, 0.3) is 0 Å². The number of carbonyl (C=O) groups is 1. The molecule has 0 bridgehead atoms. The van der Waals surface area contributed by atoms with Gasteiger partial charge in [-0.25, -0.2) is 4.98 Å². The summed E-state index contributed by atoms with van der Waals surface area (Å²) in [6.07, 6.45) is -1.05. The number of nitrogens with zero attached hydrogens (tertiary/aromatic N) is 2. The van der Waals surface area contributed by atoms with E-state index in [4.69, 9.17) is 4.74 Å².